The van der Waals surface area contributed by atoms with Crippen LogP contribution in [0.3, 0.4) is 0 Å². The molecule has 1 amide bonds. The second-order valence-electron chi connectivity index (χ2n) is 4.63. The Labute approximate surface area is 98.8 Å². The third-order valence-electron chi connectivity index (χ3n) is 3.04. The minimum absolute atomic E-state index is 0.129. The van der Waals surface area contributed by atoms with Gasteiger partial charge in [-0.3, -0.25) is 9.69 Å². The number of carbonyl (C=O) groups is 1. The Hall–Kier alpha value is -0.610. The molecule has 94 valence electrons. The Morgan fingerprint density at radius 3 is 3.00 bits per heavy atom. The van der Waals surface area contributed by atoms with Gasteiger partial charge in [-0.2, -0.15) is 0 Å². The second-order valence-corrected chi connectivity index (χ2v) is 4.63. The fourth-order valence-corrected chi connectivity index (χ4v) is 2.19. The van der Waals surface area contributed by atoms with E-state index in [9.17, 15) is 4.79 Å². The van der Waals surface area contributed by atoms with Crippen LogP contribution < -0.4 is 10.6 Å². The van der Waals surface area contributed by atoms with Gasteiger partial charge in [0.1, 0.15) is 0 Å². The number of rotatable bonds is 7. The number of hydrogen-bond donors (Lipinski definition) is 2. The molecule has 1 aliphatic rings. The molecule has 0 saturated carbocycles. The number of carbonyl (C=O) groups excluding carboxylic acids is 1. The molecule has 0 aromatic heterocycles. The number of likely N-dealkylation sites (N-methyl/N-ethyl adjacent to an activating group) is 2. The summed E-state index contributed by atoms with van der Waals surface area (Å²) in [6.07, 6.45) is 5.05. The molecule has 1 rings (SSSR count). The van der Waals surface area contributed by atoms with Crippen LogP contribution in [0.15, 0.2) is 0 Å². The van der Waals surface area contributed by atoms with Gasteiger partial charge in [0.05, 0.1) is 6.54 Å². The quantitative estimate of drug-likeness (QED) is 0.669. The van der Waals surface area contributed by atoms with Crippen molar-refractivity contribution < 1.29 is 4.79 Å². The molecule has 1 fully saturated rings. The Morgan fingerprint density at radius 2 is 2.38 bits per heavy atom. The van der Waals surface area contributed by atoms with Crippen LogP contribution in [0.1, 0.15) is 32.6 Å². The topological polar surface area (TPSA) is 44.4 Å². The zero-order chi connectivity index (χ0) is 11.8. The van der Waals surface area contributed by atoms with Crippen LogP contribution >= 0.6 is 0 Å². The van der Waals surface area contributed by atoms with Crippen LogP contribution in [-0.4, -0.2) is 50.1 Å². The van der Waals surface area contributed by atoms with Gasteiger partial charge >= 0.3 is 0 Å². The maximum Gasteiger partial charge on any atom is 0.234 e. The van der Waals surface area contributed by atoms with E-state index in [4.69, 9.17) is 0 Å². The van der Waals surface area contributed by atoms with Crippen molar-refractivity contribution >= 4 is 5.91 Å². The van der Waals surface area contributed by atoms with Crippen LogP contribution in [-0.2, 0) is 4.79 Å². The first-order chi connectivity index (χ1) is 7.72. The largest absolute Gasteiger partial charge is 0.355 e. The van der Waals surface area contributed by atoms with Gasteiger partial charge in [-0.1, -0.05) is 0 Å². The van der Waals surface area contributed by atoms with Gasteiger partial charge in [-0.15, -0.1) is 0 Å². The average Bonchev–Trinajstić information content (AvgIpc) is 2.70. The molecule has 4 heteroatoms. The molecule has 1 saturated heterocycles. The summed E-state index contributed by atoms with van der Waals surface area (Å²) in [6.45, 7) is 5.38. The molecule has 0 radical (unpaired) electrons. The Balaban J connectivity index is 2.00. The standard InChI is InChI=1S/C12H25N3O/c1-3-13-12(16)10-15(2)9-5-7-11-6-4-8-14-11/h11,14H,3-10H2,1-2H3,(H,13,16). The SMILES string of the molecule is CCNC(=O)CN(C)CCCC1CCCN1. The molecular formula is C12H25N3O. The molecule has 1 aliphatic heterocycles. The van der Waals surface area contributed by atoms with E-state index < -0.39 is 0 Å². The number of nitrogens with one attached hydrogen (secondary N) is 2. The first-order valence-electron chi connectivity index (χ1n) is 6.41. The highest BCUT2D eigenvalue weighted by Crippen LogP contribution is 2.10. The van der Waals surface area contributed by atoms with Gasteiger partial charge in [0.2, 0.25) is 5.91 Å². The van der Waals surface area contributed by atoms with E-state index >= 15 is 0 Å². The maximum atomic E-state index is 11.3. The van der Waals surface area contributed by atoms with Crippen molar-refractivity contribution in [1.29, 1.82) is 0 Å². The van der Waals surface area contributed by atoms with Crippen molar-refractivity contribution in [1.82, 2.24) is 15.5 Å². The normalized spacial score (nSPS) is 20.3. The van der Waals surface area contributed by atoms with Gasteiger partial charge in [-0.05, 0) is 52.7 Å². The van der Waals surface area contributed by atoms with E-state index in [0.717, 1.165) is 19.1 Å². The highest BCUT2D eigenvalue weighted by Gasteiger charge is 2.13. The Bertz CT molecular complexity index is 202. The van der Waals surface area contributed by atoms with Crippen molar-refractivity contribution in [2.75, 3.05) is 33.2 Å². The summed E-state index contributed by atoms with van der Waals surface area (Å²) in [7, 11) is 2.01. The smallest absolute Gasteiger partial charge is 0.234 e. The molecule has 2 N–H and O–H groups in total. The zero-order valence-corrected chi connectivity index (χ0v) is 10.6. The summed E-state index contributed by atoms with van der Waals surface area (Å²) in [5.74, 6) is 0.129. The summed E-state index contributed by atoms with van der Waals surface area (Å²) < 4.78 is 0. The summed E-state index contributed by atoms with van der Waals surface area (Å²) in [5.41, 5.74) is 0. The van der Waals surface area contributed by atoms with Crippen molar-refractivity contribution in [3.63, 3.8) is 0 Å². The fraction of sp³-hybridized carbons (Fsp3) is 0.917. The molecule has 0 aromatic carbocycles. The third-order valence-corrected chi connectivity index (χ3v) is 3.04. The van der Waals surface area contributed by atoms with Crippen molar-refractivity contribution in [3.05, 3.63) is 0 Å². The highest BCUT2D eigenvalue weighted by atomic mass is 16.1. The monoisotopic (exact) mass is 227 g/mol. The van der Waals surface area contributed by atoms with Crippen molar-refractivity contribution in [2.45, 2.75) is 38.6 Å². The van der Waals surface area contributed by atoms with Crippen LogP contribution in [0, 0.1) is 0 Å². The molecule has 1 heterocycles. The van der Waals surface area contributed by atoms with Gasteiger partial charge in [0, 0.05) is 12.6 Å². The maximum absolute atomic E-state index is 11.3. The van der Waals surface area contributed by atoms with E-state index in [1.54, 1.807) is 0 Å². The highest BCUT2D eigenvalue weighted by molar-refractivity contribution is 5.77. The number of amides is 1. The Morgan fingerprint density at radius 1 is 1.56 bits per heavy atom. The minimum Gasteiger partial charge on any atom is -0.355 e. The van der Waals surface area contributed by atoms with E-state index in [1.807, 2.05) is 14.0 Å². The molecule has 0 aromatic rings. The first-order valence-corrected chi connectivity index (χ1v) is 6.41. The number of nitrogens with zero attached hydrogens (tertiary/aromatic N) is 1. The van der Waals surface area contributed by atoms with Crippen LogP contribution in [0.2, 0.25) is 0 Å². The van der Waals surface area contributed by atoms with Gasteiger partial charge in [0.25, 0.3) is 0 Å². The van der Waals surface area contributed by atoms with Crippen LogP contribution in [0.5, 0.6) is 0 Å². The lowest BCUT2D eigenvalue weighted by Crippen LogP contribution is -2.35. The van der Waals surface area contributed by atoms with Crippen molar-refractivity contribution in [3.8, 4) is 0 Å². The average molecular weight is 227 g/mol. The van der Waals surface area contributed by atoms with Gasteiger partial charge in [-0.25, -0.2) is 0 Å². The lowest BCUT2D eigenvalue weighted by atomic mass is 10.1. The molecule has 1 unspecified atom stereocenters. The predicted molar refractivity (Wildman–Crippen MR) is 66.4 cm³/mol. The zero-order valence-electron chi connectivity index (χ0n) is 10.6. The van der Waals surface area contributed by atoms with E-state index in [-0.39, 0.29) is 5.91 Å². The first kappa shape index (κ1) is 13.5. The van der Waals surface area contributed by atoms with Crippen molar-refractivity contribution in [2.24, 2.45) is 0 Å². The van der Waals surface area contributed by atoms with Gasteiger partial charge < -0.3 is 10.6 Å². The lowest BCUT2D eigenvalue weighted by Gasteiger charge is -2.17. The molecule has 0 bridgehead atoms. The summed E-state index contributed by atoms with van der Waals surface area (Å²) in [6, 6.07) is 0.720. The third kappa shape index (κ3) is 5.47. The molecule has 0 spiro atoms. The van der Waals surface area contributed by atoms with E-state index in [2.05, 4.69) is 15.5 Å². The lowest BCUT2D eigenvalue weighted by molar-refractivity contribution is -0.121. The summed E-state index contributed by atoms with van der Waals surface area (Å²) in [4.78, 5) is 13.4. The molecular weight excluding hydrogens is 202 g/mol. The van der Waals surface area contributed by atoms with E-state index in [1.165, 1.54) is 32.2 Å². The predicted octanol–water partition coefficient (Wildman–Crippen LogP) is 0.587. The van der Waals surface area contributed by atoms with E-state index in [0.29, 0.717) is 6.54 Å². The van der Waals surface area contributed by atoms with Gasteiger partial charge in [0.15, 0.2) is 0 Å². The molecule has 4 nitrogen and oxygen atoms in total. The van der Waals surface area contributed by atoms with Crippen LogP contribution in [0.4, 0.5) is 0 Å². The summed E-state index contributed by atoms with van der Waals surface area (Å²) in [5, 5.41) is 6.31. The second kappa shape index (κ2) is 7.63. The minimum atomic E-state index is 0.129. The van der Waals surface area contributed by atoms with Crippen LogP contribution in [0.25, 0.3) is 0 Å². The number of hydrogen-bond acceptors (Lipinski definition) is 3. The Kier molecular flexibility index (Phi) is 6.42. The summed E-state index contributed by atoms with van der Waals surface area (Å²) >= 11 is 0. The molecule has 16 heavy (non-hydrogen) atoms. The molecule has 1 atom stereocenters. The molecule has 0 aliphatic carbocycles. The fourth-order valence-electron chi connectivity index (χ4n) is 2.19.